The number of benzene rings is 2. The summed E-state index contributed by atoms with van der Waals surface area (Å²) in [7, 11) is 0. The van der Waals surface area contributed by atoms with Crippen molar-refractivity contribution in [1.29, 1.82) is 0 Å². The predicted octanol–water partition coefficient (Wildman–Crippen LogP) is 2.50. The molecule has 0 aliphatic heterocycles. The van der Waals surface area contributed by atoms with Gasteiger partial charge in [-0.2, -0.15) is 0 Å². The highest BCUT2D eigenvalue weighted by Crippen LogP contribution is 2.17. The van der Waals surface area contributed by atoms with Crippen molar-refractivity contribution in [1.82, 2.24) is 15.6 Å². The molecule has 3 rings (SSSR count). The lowest BCUT2D eigenvalue weighted by atomic mass is 10.1. The lowest BCUT2D eigenvalue weighted by Gasteiger charge is -2.20. The van der Waals surface area contributed by atoms with Crippen molar-refractivity contribution in [3.63, 3.8) is 0 Å². The van der Waals surface area contributed by atoms with Gasteiger partial charge in [0.2, 0.25) is 5.91 Å². The van der Waals surface area contributed by atoms with E-state index in [1.165, 1.54) is 6.92 Å². The van der Waals surface area contributed by atoms with Crippen LogP contribution in [0.2, 0.25) is 0 Å². The maximum Gasteiger partial charge on any atom is 0.408 e. The monoisotopic (exact) mass is 395 g/mol. The molecule has 2 amide bonds. The molecule has 0 saturated heterocycles. The third-order valence-corrected chi connectivity index (χ3v) is 4.62. The van der Waals surface area contributed by atoms with Crippen LogP contribution in [0.3, 0.4) is 0 Å². The van der Waals surface area contributed by atoms with Crippen LogP contribution in [0.25, 0.3) is 10.9 Å². The smallest absolute Gasteiger partial charge is 0.408 e. The van der Waals surface area contributed by atoms with E-state index < -0.39 is 24.1 Å². The molecule has 4 N–H and O–H groups in total. The van der Waals surface area contributed by atoms with Crippen LogP contribution in [0.1, 0.15) is 18.1 Å². The first-order valence-corrected chi connectivity index (χ1v) is 9.52. The summed E-state index contributed by atoms with van der Waals surface area (Å²) in [5.74, 6) is -0.462. The van der Waals surface area contributed by atoms with Gasteiger partial charge in [0, 0.05) is 23.6 Å². The zero-order chi connectivity index (χ0) is 20.6. The van der Waals surface area contributed by atoms with E-state index in [9.17, 15) is 14.7 Å². The number of aromatic nitrogens is 1. The Balaban J connectivity index is 1.49. The average molecular weight is 395 g/mol. The van der Waals surface area contributed by atoms with Crippen LogP contribution in [0.4, 0.5) is 4.79 Å². The van der Waals surface area contributed by atoms with Crippen LogP contribution in [-0.2, 0) is 22.6 Å². The first-order valence-electron chi connectivity index (χ1n) is 9.52. The first kappa shape index (κ1) is 20.4. The molecule has 0 saturated carbocycles. The maximum atomic E-state index is 12.4. The molecule has 0 aliphatic rings. The number of carbonyl (C=O) groups excluding carboxylic acids is 2. The molecule has 7 heteroatoms. The van der Waals surface area contributed by atoms with E-state index in [0.29, 0.717) is 13.0 Å². The van der Waals surface area contributed by atoms with Gasteiger partial charge in [0.25, 0.3) is 0 Å². The predicted molar refractivity (Wildman–Crippen MR) is 110 cm³/mol. The highest BCUT2D eigenvalue weighted by atomic mass is 16.5. The van der Waals surface area contributed by atoms with E-state index in [2.05, 4.69) is 15.6 Å². The molecule has 1 aromatic heterocycles. The largest absolute Gasteiger partial charge is 0.445 e. The summed E-state index contributed by atoms with van der Waals surface area (Å²) in [6.45, 7) is 1.91. The fourth-order valence-corrected chi connectivity index (χ4v) is 3.07. The zero-order valence-corrected chi connectivity index (χ0v) is 16.2. The van der Waals surface area contributed by atoms with Gasteiger partial charge in [-0.15, -0.1) is 0 Å². The summed E-state index contributed by atoms with van der Waals surface area (Å²) in [6.07, 6.45) is 0.724. The quantitative estimate of drug-likeness (QED) is 0.470. The molecule has 29 heavy (non-hydrogen) atoms. The zero-order valence-electron chi connectivity index (χ0n) is 16.2. The van der Waals surface area contributed by atoms with Crippen molar-refractivity contribution >= 4 is 22.9 Å². The molecule has 152 valence electrons. The minimum atomic E-state index is -1.10. The van der Waals surface area contributed by atoms with Crippen molar-refractivity contribution in [2.45, 2.75) is 32.1 Å². The topological polar surface area (TPSA) is 103 Å². The van der Waals surface area contributed by atoms with E-state index >= 15 is 0 Å². The Morgan fingerprint density at radius 2 is 1.83 bits per heavy atom. The number of H-pyrrole nitrogens is 1. The Bertz CT molecular complexity index is 953. The molecule has 1 heterocycles. The van der Waals surface area contributed by atoms with Crippen molar-refractivity contribution < 1.29 is 19.4 Å². The number of ether oxygens (including phenoxy) is 1. The van der Waals surface area contributed by atoms with E-state index in [-0.39, 0.29) is 6.61 Å². The Morgan fingerprint density at radius 1 is 1.10 bits per heavy atom. The summed E-state index contributed by atoms with van der Waals surface area (Å²) < 4.78 is 5.13. The number of alkyl carbamates (subject to hydrolysis) is 1. The van der Waals surface area contributed by atoms with Crippen LogP contribution in [0, 0.1) is 0 Å². The molecule has 2 atom stereocenters. The van der Waals surface area contributed by atoms with Gasteiger partial charge in [0.05, 0.1) is 6.10 Å². The number of hydrogen-bond acceptors (Lipinski definition) is 4. The summed E-state index contributed by atoms with van der Waals surface area (Å²) in [5.41, 5.74) is 2.96. The molecule has 0 fully saturated rings. The highest BCUT2D eigenvalue weighted by Gasteiger charge is 2.26. The number of fused-ring (bicyclic) bond motifs is 1. The SMILES string of the molecule is C[C@@H](O)[C@H](NC(=O)OCc1ccccc1)C(=O)NCCc1c[nH]c2ccccc12. The number of aliphatic hydroxyl groups excluding tert-OH is 1. The van der Waals surface area contributed by atoms with Gasteiger partial charge in [-0.1, -0.05) is 48.5 Å². The third-order valence-electron chi connectivity index (χ3n) is 4.62. The number of rotatable bonds is 8. The van der Waals surface area contributed by atoms with Crippen LogP contribution in [0.15, 0.2) is 60.8 Å². The third kappa shape index (κ3) is 5.58. The summed E-state index contributed by atoms with van der Waals surface area (Å²) in [5, 5.41) is 16.2. The number of carbonyl (C=O) groups is 2. The van der Waals surface area contributed by atoms with Crippen molar-refractivity contribution in [3.05, 3.63) is 71.9 Å². The normalized spacial score (nSPS) is 12.9. The van der Waals surface area contributed by atoms with Crippen molar-refractivity contribution in [2.75, 3.05) is 6.54 Å². The Labute approximate surface area is 169 Å². The lowest BCUT2D eigenvalue weighted by molar-refractivity contribution is -0.125. The number of para-hydroxylation sites is 1. The molecule has 2 aromatic carbocycles. The second-order valence-corrected chi connectivity index (χ2v) is 6.82. The van der Waals surface area contributed by atoms with Gasteiger partial charge in [0.1, 0.15) is 12.6 Å². The van der Waals surface area contributed by atoms with E-state index in [0.717, 1.165) is 22.0 Å². The molecule has 7 nitrogen and oxygen atoms in total. The minimum Gasteiger partial charge on any atom is -0.445 e. The van der Waals surface area contributed by atoms with E-state index in [4.69, 9.17) is 4.74 Å². The van der Waals surface area contributed by atoms with Gasteiger partial charge in [-0.3, -0.25) is 4.79 Å². The number of nitrogens with one attached hydrogen (secondary N) is 3. The average Bonchev–Trinajstić information content (AvgIpc) is 3.14. The van der Waals surface area contributed by atoms with Gasteiger partial charge < -0.3 is 25.5 Å². The number of aromatic amines is 1. The molecule has 0 aliphatic carbocycles. The molecule has 3 aromatic rings. The van der Waals surface area contributed by atoms with Crippen LogP contribution < -0.4 is 10.6 Å². The first-order chi connectivity index (χ1) is 14.0. The Morgan fingerprint density at radius 3 is 2.59 bits per heavy atom. The van der Waals surface area contributed by atoms with Gasteiger partial charge >= 0.3 is 6.09 Å². The standard InChI is InChI=1S/C22H25N3O4/c1-15(26)20(25-22(28)29-14-16-7-3-2-4-8-16)21(27)23-12-11-17-13-24-19-10-6-5-9-18(17)19/h2-10,13,15,20,24,26H,11-12,14H2,1H3,(H,23,27)(H,25,28)/t15-,20+/m1/s1. The summed E-state index contributed by atoms with van der Waals surface area (Å²) in [4.78, 5) is 27.6. The number of aliphatic hydroxyl groups is 1. The van der Waals surface area contributed by atoms with Gasteiger partial charge in [0.15, 0.2) is 0 Å². The lowest BCUT2D eigenvalue weighted by Crippen LogP contribution is -2.52. The highest BCUT2D eigenvalue weighted by molar-refractivity contribution is 5.86. The molecule has 0 radical (unpaired) electrons. The van der Waals surface area contributed by atoms with Crippen LogP contribution >= 0.6 is 0 Å². The maximum absolute atomic E-state index is 12.4. The molecule has 0 bridgehead atoms. The van der Waals surface area contributed by atoms with Crippen LogP contribution in [0.5, 0.6) is 0 Å². The fourth-order valence-electron chi connectivity index (χ4n) is 3.07. The fraction of sp³-hybridized carbons (Fsp3) is 0.273. The van der Waals surface area contributed by atoms with Crippen molar-refractivity contribution in [2.24, 2.45) is 0 Å². The minimum absolute atomic E-state index is 0.0847. The van der Waals surface area contributed by atoms with Crippen LogP contribution in [-0.4, -0.2) is 40.8 Å². The number of amides is 2. The molecule has 0 unspecified atom stereocenters. The number of hydrogen-bond donors (Lipinski definition) is 4. The second kappa shape index (κ2) is 9.75. The Hall–Kier alpha value is -3.32. The summed E-state index contributed by atoms with van der Waals surface area (Å²) in [6, 6.07) is 16.1. The van der Waals surface area contributed by atoms with E-state index in [1.54, 1.807) is 0 Å². The second-order valence-electron chi connectivity index (χ2n) is 6.82. The summed E-state index contributed by atoms with van der Waals surface area (Å²) >= 11 is 0. The van der Waals surface area contributed by atoms with Crippen molar-refractivity contribution in [3.8, 4) is 0 Å². The van der Waals surface area contributed by atoms with E-state index in [1.807, 2.05) is 60.8 Å². The molecular formula is C22H25N3O4. The molecular weight excluding hydrogens is 370 g/mol. The van der Waals surface area contributed by atoms with Gasteiger partial charge in [-0.25, -0.2) is 4.79 Å². The molecule has 0 spiro atoms. The Kier molecular flexibility index (Phi) is 6.86. The van der Waals surface area contributed by atoms with Gasteiger partial charge in [-0.05, 0) is 30.5 Å².